The summed E-state index contributed by atoms with van der Waals surface area (Å²) in [6.45, 7) is 0. The fourth-order valence-corrected chi connectivity index (χ4v) is 10.5. The van der Waals surface area contributed by atoms with Crippen molar-refractivity contribution in [3.05, 3.63) is 216 Å². The zero-order valence-electron chi connectivity index (χ0n) is 31.2. The van der Waals surface area contributed by atoms with Crippen LogP contribution in [0.3, 0.4) is 0 Å². The van der Waals surface area contributed by atoms with E-state index >= 15 is 0 Å². The van der Waals surface area contributed by atoms with Gasteiger partial charge in [-0.2, -0.15) is 0 Å². The van der Waals surface area contributed by atoms with Crippen LogP contribution >= 0.6 is 11.3 Å². The highest BCUT2D eigenvalue weighted by Crippen LogP contribution is 2.61. The number of hydrogen-bond donors (Lipinski definition) is 0. The van der Waals surface area contributed by atoms with Crippen molar-refractivity contribution in [2.45, 2.75) is 5.41 Å². The summed E-state index contributed by atoms with van der Waals surface area (Å²) in [5.41, 5.74) is 14.9. The second kappa shape index (κ2) is 12.8. The summed E-state index contributed by atoms with van der Waals surface area (Å²) in [7, 11) is 0. The van der Waals surface area contributed by atoms with Crippen LogP contribution in [0.1, 0.15) is 33.4 Å². The normalized spacial score (nSPS) is 14.9. The molecule has 0 aliphatic heterocycles. The molecule has 2 aliphatic rings. The number of benzene rings is 7. The zero-order valence-corrected chi connectivity index (χ0v) is 32.0. The first-order chi connectivity index (χ1) is 28.7. The average Bonchev–Trinajstić information content (AvgIpc) is 3.78. The molecule has 10 aromatic rings. The van der Waals surface area contributed by atoms with E-state index in [0.717, 1.165) is 33.6 Å². The van der Waals surface area contributed by atoms with E-state index in [0.29, 0.717) is 11.6 Å². The highest BCUT2D eigenvalue weighted by Gasteiger charge is 2.49. The Morgan fingerprint density at radius 1 is 0.414 bits per heavy atom. The van der Waals surface area contributed by atoms with E-state index in [4.69, 9.17) is 19.9 Å². The first-order valence-electron chi connectivity index (χ1n) is 19.5. The van der Waals surface area contributed by atoms with E-state index in [9.17, 15) is 0 Å². The van der Waals surface area contributed by atoms with Crippen LogP contribution in [0.25, 0.3) is 88.7 Å². The van der Waals surface area contributed by atoms with Gasteiger partial charge in [0.15, 0.2) is 11.6 Å². The molecule has 7 aromatic carbocycles. The predicted octanol–water partition coefficient (Wildman–Crippen LogP) is 13.1. The smallest absolute Gasteiger partial charge is 0.160 e. The average molecular weight is 757 g/mol. The largest absolute Gasteiger partial charge is 0.236 e. The van der Waals surface area contributed by atoms with Crippen LogP contribution in [0, 0.1) is 0 Å². The maximum Gasteiger partial charge on any atom is 0.160 e. The van der Waals surface area contributed by atoms with Gasteiger partial charge >= 0.3 is 0 Å². The van der Waals surface area contributed by atoms with E-state index in [-0.39, 0.29) is 0 Å². The first-order valence-corrected chi connectivity index (χ1v) is 20.4. The van der Waals surface area contributed by atoms with Crippen LogP contribution in [0.15, 0.2) is 182 Å². The summed E-state index contributed by atoms with van der Waals surface area (Å²) in [6.07, 6.45) is 8.31. The third-order valence-corrected chi connectivity index (χ3v) is 13.1. The predicted molar refractivity (Wildman–Crippen MR) is 238 cm³/mol. The van der Waals surface area contributed by atoms with Gasteiger partial charge in [0.25, 0.3) is 0 Å². The molecule has 12 rings (SSSR count). The highest BCUT2D eigenvalue weighted by atomic mass is 32.1. The first kappa shape index (κ1) is 32.9. The van der Waals surface area contributed by atoms with Gasteiger partial charge < -0.3 is 0 Å². The Balaban J connectivity index is 1.11. The van der Waals surface area contributed by atoms with Crippen LogP contribution < -0.4 is 0 Å². The van der Waals surface area contributed by atoms with Crippen molar-refractivity contribution >= 4 is 43.7 Å². The molecule has 0 radical (unpaired) electrons. The molecule has 4 nitrogen and oxygen atoms in total. The molecule has 0 bridgehead atoms. The lowest BCUT2D eigenvalue weighted by molar-refractivity contribution is 0.767. The van der Waals surface area contributed by atoms with Crippen molar-refractivity contribution in [3.8, 4) is 56.4 Å². The third-order valence-electron chi connectivity index (χ3n) is 11.8. The molecule has 5 heteroatoms. The minimum atomic E-state index is -0.582. The summed E-state index contributed by atoms with van der Waals surface area (Å²) < 4.78 is 2.65. The van der Waals surface area contributed by atoms with Crippen molar-refractivity contribution in [3.63, 3.8) is 0 Å². The van der Waals surface area contributed by atoms with Gasteiger partial charge in [0.05, 0.1) is 16.8 Å². The highest BCUT2D eigenvalue weighted by molar-refractivity contribution is 7.26. The molecule has 0 saturated heterocycles. The minimum absolute atomic E-state index is 0.582. The van der Waals surface area contributed by atoms with E-state index in [2.05, 4.69) is 133 Å². The molecular formula is C53H32N4S. The fourth-order valence-electron chi connectivity index (χ4n) is 9.27. The maximum absolute atomic E-state index is 5.28. The van der Waals surface area contributed by atoms with Crippen LogP contribution in [0.5, 0.6) is 0 Å². The monoisotopic (exact) mass is 756 g/mol. The quantitative estimate of drug-likeness (QED) is 0.179. The molecule has 1 spiro atoms. The zero-order chi connectivity index (χ0) is 38.2. The van der Waals surface area contributed by atoms with Crippen LogP contribution in [-0.4, -0.2) is 19.9 Å². The van der Waals surface area contributed by atoms with Gasteiger partial charge in [-0.05, 0) is 57.1 Å². The van der Waals surface area contributed by atoms with E-state index < -0.39 is 5.41 Å². The van der Waals surface area contributed by atoms with Crippen molar-refractivity contribution in [1.82, 2.24) is 19.9 Å². The van der Waals surface area contributed by atoms with Crippen LogP contribution in [0.4, 0.5) is 0 Å². The molecular weight excluding hydrogens is 725 g/mol. The topological polar surface area (TPSA) is 51.6 Å². The van der Waals surface area contributed by atoms with Gasteiger partial charge in [-0.25, -0.2) is 19.9 Å². The molecule has 0 amide bonds. The minimum Gasteiger partial charge on any atom is -0.236 e. The number of thiophene rings is 1. The SMILES string of the molecule is C1=Cc2ccc(-c3cc(-c4cnc(-c5ccccc5)nc4)nc(-c4ccccc4)n3)cc2C2(c3ccccc31)c1ccccc1-c1c2ccc2c1sc1ccccc12. The van der Waals surface area contributed by atoms with Crippen molar-refractivity contribution in [1.29, 1.82) is 0 Å². The Hall–Kier alpha value is -7.34. The lowest BCUT2D eigenvalue weighted by Gasteiger charge is -2.35. The second-order valence-corrected chi connectivity index (χ2v) is 16.0. The lowest BCUT2D eigenvalue weighted by atomic mass is 9.65. The molecule has 58 heavy (non-hydrogen) atoms. The maximum atomic E-state index is 5.28. The van der Waals surface area contributed by atoms with Crippen molar-refractivity contribution in [2.24, 2.45) is 0 Å². The Kier molecular flexibility index (Phi) is 7.28. The van der Waals surface area contributed by atoms with Crippen molar-refractivity contribution < 1.29 is 0 Å². The lowest BCUT2D eigenvalue weighted by Crippen LogP contribution is -2.30. The molecule has 1 unspecified atom stereocenters. The van der Waals surface area contributed by atoms with Crippen LogP contribution in [-0.2, 0) is 5.41 Å². The van der Waals surface area contributed by atoms with Crippen LogP contribution in [0.2, 0.25) is 0 Å². The Labute approximate surface area is 339 Å². The molecule has 1 atom stereocenters. The van der Waals surface area contributed by atoms with Gasteiger partial charge in [-0.3, -0.25) is 0 Å². The van der Waals surface area contributed by atoms with Gasteiger partial charge in [0.1, 0.15) is 0 Å². The number of fused-ring (bicyclic) bond motifs is 13. The number of nitrogens with zero attached hydrogens (tertiary/aromatic N) is 4. The number of hydrogen-bond acceptors (Lipinski definition) is 5. The molecule has 0 N–H and O–H groups in total. The summed E-state index contributed by atoms with van der Waals surface area (Å²) in [5.74, 6) is 1.33. The van der Waals surface area contributed by atoms with E-state index in [1.165, 1.54) is 64.7 Å². The third kappa shape index (κ3) is 4.87. The Morgan fingerprint density at radius 3 is 1.84 bits per heavy atom. The van der Waals surface area contributed by atoms with Gasteiger partial charge in [0.2, 0.25) is 0 Å². The summed E-state index contributed by atoms with van der Waals surface area (Å²) >= 11 is 1.90. The second-order valence-electron chi connectivity index (χ2n) is 15.0. The Bertz CT molecular complexity index is 3280. The molecule has 3 heterocycles. The molecule has 3 aromatic heterocycles. The standard InChI is InChI=1S/C53H32N4S/c1-3-14-35(15-4-1)51-54-31-38(32-55-51)47-30-46(56-52(57-47)36-16-5-2-6-17-36)37-26-25-34-24-23-33-13-7-10-20-42(33)53(45(34)29-37)43-21-11-8-19-41(43)49-44(53)28-27-40-39-18-9-12-22-48(39)58-50(40)49/h1-32H. The molecule has 2 aliphatic carbocycles. The van der Waals surface area contributed by atoms with Gasteiger partial charge in [0, 0.05) is 60.4 Å². The van der Waals surface area contributed by atoms with E-state index in [1.54, 1.807) is 0 Å². The van der Waals surface area contributed by atoms with E-state index in [1.807, 2.05) is 72.3 Å². The fraction of sp³-hybridized carbons (Fsp3) is 0.0189. The number of aromatic nitrogens is 4. The Morgan fingerprint density at radius 2 is 1.05 bits per heavy atom. The van der Waals surface area contributed by atoms with Gasteiger partial charge in [-0.1, -0.05) is 164 Å². The summed E-state index contributed by atoms with van der Waals surface area (Å²) in [4.78, 5) is 19.9. The van der Waals surface area contributed by atoms with Crippen molar-refractivity contribution in [2.75, 3.05) is 0 Å². The molecule has 0 fully saturated rings. The molecule has 0 saturated carbocycles. The van der Waals surface area contributed by atoms with Gasteiger partial charge in [-0.15, -0.1) is 11.3 Å². The summed E-state index contributed by atoms with van der Waals surface area (Å²) in [6, 6.07) is 60.8. The summed E-state index contributed by atoms with van der Waals surface area (Å²) in [5, 5.41) is 2.62. The number of rotatable bonds is 4. The molecule has 270 valence electrons.